The van der Waals surface area contributed by atoms with Gasteiger partial charge in [-0.25, -0.2) is 0 Å². The minimum Gasteiger partial charge on any atom is -0.381 e. The Morgan fingerprint density at radius 1 is 1.69 bits per heavy atom. The summed E-state index contributed by atoms with van der Waals surface area (Å²) >= 11 is 0. The summed E-state index contributed by atoms with van der Waals surface area (Å²) in [7, 11) is 1.74. The molecule has 2 unspecified atom stereocenters. The number of hydrogen-bond donors (Lipinski definition) is 1. The van der Waals surface area contributed by atoms with Gasteiger partial charge in [0.2, 0.25) is 5.91 Å². The summed E-state index contributed by atoms with van der Waals surface area (Å²) in [5.41, 5.74) is 0. The molecule has 2 atom stereocenters. The minimum atomic E-state index is 0.170. The number of unbranched alkanes of at least 4 members (excludes halogenated alkanes) is 1. The fraction of sp³-hybridized carbons (Fsp3) is 0.900. The Morgan fingerprint density at radius 2 is 2.46 bits per heavy atom. The second-order valence-electron chi connectivity index (χ2n) is 3.68. The van der Waals surface area contributed by atoms with E-state index in [1.54, 1.807) is 7.11 Å². The van der Waals surface area contributed by atoms with Crippen LogP contribution in [0.2, 0.25) is 0 Å². The maximum Gasteiger partial charge on any atom is 0.220 e. The van der Waals surface area contributed by atoms with Crippen LogP contribution in [0.4, 0.5) is 0 Å². The molecule has 1 fully saturated rings. The number of methoxy groups -OCH3 is 1. The highest BCUT2D eigenvalue weighted by molar-refractivity contribution is 5.78. The van der Waals surface area contributed by atoms with Crippen LogP contribution in [0.3, 0.4) is 0 Å². The molecule has 76 valence electrons. The van der Waals surface area contributed by atoms with Crippen LogP contribution >= 0.6 is 0 Å². The average Bonchev–Trinajstić information content (AvgIpc) is 2.54. The second-order valence-corrected chi connectivity index (χ2v) is 3.68. The molecule has 0 spiro atoms. The molecule has 0 aromatic carbocycles. The summed E-state index contributed by atoms with van der Waals surface area (Å²) in [6.07, 6.45) is 4.35. The van der Waals surface area contributed by atoms with Crippen molar-refractivity contribution in [2.24, 2.45) is 5.92 Å². The van der Waals surface area contributed by atoms with Gasteiger partial charge >= 0.3 is 0 Å². The number of nitrogens with one attached hydrogen (secondary N) is 1. The predicted molar refractivity (Wildman–Crippen MR) is 51.4 cm³/mol. The summed E-state index contributed by atoms with van der Waals surface area (Å²) in [5, 5.41) is 2.84. The van der Waals surface area contributed by atoms with Crippen molar-refractivity contribution in [2.45, 2.75) is 38.7 Å². The molecule has 0 radical (unpaired) electrons. The number of amides is 1. The van der Waals surface area contributed by atoms with Crippen molar-refractivity contribution in [2.75, 3.05) is 13.7 Å². The van der Waals surface area contributed by atoms with Gasteiger partial charge in [-0.2, -0.15) is 0 Å². The molecule has 3 heteroatoms. The lowest BCUT2D eigenvalue weighted by atomic mass is 9.97. The van der Waals surface area contributed by atoms with Gasteiger partial charge in [0, 0.05) is 26.0 Å². The first-order chi connectivity index (χ1) is 6.27. The summed E-state index contributed by atoms with van der Waals surface area (Å²) < 4.78 is 5.39. The molecular weight excluding hydrogens is 166 g/mol. The zero-order valence-corrected chi connectivity index (χ0v) is 8.51. The van der Waals surface area contributed by atoms with Crippen LogP contribution in [-0.2, 0) is 9.53 Å². The lowest BCUT2D eigenvalue weighted by Crippen LogP contribution is -2.24. The van der Waals surface area contributed by atoms with Gasteiger partial charge in [-0.15, -0.1) is 0 Å². The number of hydrogen-bond acceptors (Lipinski definition) is 2. The zero-order valence-electron chi connectivity index (χ0n) is 8.51. The molecule has 1 aliphatic heterocycles. The molecule has 0 aromatic rings. The first-order valence-electron chi connectivity index (χ1n) is 5.07. The lowest BCUT2D eigenvalue weighted by Gasteiger charge is -2.20. The first kappa shape index (κ1) is 10.5. The average molecular weight is 185 g/mol. The Hall–Kier alpha value is -0.570. The van der Waals surface area contributed by atoms with Crippen LogP contribution in [0.5, 0.6) is 0 Å². The van der Waals surface area contributed by atoms with Crippen LogP contribution in [0.15, 0.2) is 0 Å². The first-order valence-corrected chi connectivity index (χ1v) is 5.07. The van der Waals surface area contributed by atoms with Crippen LogP contribution in [0, 0.1) is 5.92 Å². The van der Waals surface area contributed by atoms with Gasteiger partial charge in [0.05, 0.1) is 6.10 Å². The number of carbonyl (C=O) groups excluding carboxylic acids is 1. The van der Waals surface area contributed by atoms with E-state index in [9.17, 15) is 4.79 Å². The Morgan fingerprint density at radius 3 is 2.92 bits per heavy atom. The van der Waals surface area contributed by atoms with Gasteiger partial charge in [0.1, 0.15) is 0 Å². The second kappa shape index (κ2) is 5.22. The minimum absolute atomic E-state index is 0.170. The van der Waals surface area contributed by atoms with Gasteiger partial charge in [-0.1, -0.05) is 19.8 Å². The fourth-order valence-corrected chi connectivity index (χ4v) is 1.84. The van der Waals surface area contributed by atoms with E-state index in [-0.39, 0.29) is 12.0 Å². The van der Waals surface area contributed by atoms with Crippen molar-refractivity contribution in [1.82, 2.24) is 5.32 Å². The highest BCUT2D eigenvalue weighted by Gasteiger charge is 2.28. The molecule has 1 heterocycles. The number of rotatable bonds is 5. The molecule has 0 bridgehead atoms. The van der Waals surface area contributed by atoms with E-state index < -0.39 is 0 Å². The number of ether oxygens (including phenoxy) is 1. The monoisotopic (exact) mass is 185 g/mol. The molecule has 0 saturated carbocycles. The summed E-state index contributed by atoms with van der Waals surface area (Å²) in [6, 6.07) is 0. The number of carbonyl (C=O) groups is 1. The molecule has 0 aromatic heterocycles. The van der Waals surface area contributed by atoms with Crippen molar-refractivity contribution in [3.63, 3.8) is 0 Å². The molecule has 1 aliphatic rings. The quantitative estimate of drug-likeness (QED) is 0.701. The summed E-state index contributed by atoms with van der Waals surface area (Å²) in [4.78, 5) is 11.0. The van der Waals surface area contributed by atoms with E-state index in [4.69, 9.17) is 4.74 Å². The maximum absolute atomic E-state index is 11.0. The van der Waals surface area contributed by atoms with Crippen molar-refractivity contribution >= 4 is 5.91 Å². The summed E-state index contributed by atoms with van der Waals surface area (Å²) in [5.74, 6) is 0.563. The molecular formula is C10H19NO2. The predicted octanol–water partition coefficient (Wildman–Crippen LogP) is 1.33. The van der Waals surface area contributed by atoms with E-state index in [2.05, 4.69) is 12.2 Å². The highest BCUT2D eigenvalue weighted by atomic mass is 16.5. The third kappa shape index (κ3) is 2.99. The van der Waals surface area contributed by atoms with E-state index >= 15 is 0 Å². The van der Waals surface area contributed by atoms with Crippen molar-refractivity contribution < 1.29 is 9.53 Å². The van der Waals surface area contributed by atoms with Crippen LogP contribution in [-0.4, -0.2) is 25.7 Å². The normalized spacial score (nSPS) is 24.5. The smallest absolute Gasteiger partial charge is 0.220 e. The maximum atomic E-state index is 11.0. The Bertz CT molecular complexity index is 170. The van der Waals surface area contributed by atoms with E-state index in [0.717, 1.165) is 13.0 Å². The van der Waals surface area contributed by atoms with Crippen molar-refractivity contribution in [1.29, 1.82) is 0 Å². The topological polar surface area (TPSA) is 38.3 Å². The Kier molecular flexibility index (Phi) is 4.22. The van der Waals surface area contributed by atoms with Crippen LogP contribution in [0.1, 0.15) is 32.6 Å². The largest absolute Gasteiger partial charge is 0.381 e. The Labute approximate surface area is 79.8 Å². The standard InChI is InChI=1S/C10H19NO2/c1-3-4-5-9(13-2)8-6-10(12)11-7-8/h8-9H,3-7H2,1-2H3,(H,11,12). The van der Waals surface area contributed by atoms with Gasteiger partial charge in [0.25, 0.3) is 0 Å². The van der Waals surface area contributed by atoms with Crippen LogP contribution < -0.4 is 5.32 Å². The van der Waals surface area contributed by atoms with Gasteiger partial charge in [-0.3, -0.25) is 4.79 Å². The molecule has 1 amide bonds. The van der Waals surface area contributed by atoms with E-state index in [1.165, 1.54) is 12.8 Å². The van der Waals surface area contributed by atoms with Crippen molar-refractivity contribution in [3.05, 3.63) is 0 Å². The van der Waals surface area contributed by atoms with Gasteiger partial charge in [0.15, 0.2) is 0 Å². The van der Waals surface area contributed by atoms with E-state index in [0.29, 0.717) is 12.3 Å². The fourth-order valence-electron chi connectivity index (χ4n) is 1.84. The third-order valence-electron chi connectivity index (χ3n) is 2.68. The molecule has 1 N–H and O–H groups in total. The molecule has 13 heavy (non-hydrogen) atoms. The molecule has 1 saturated heterocycles. The zero-order chi connectivity index (χ0) is 9.68. The highest BCUT2D eigenvalue weighted by Crippen LogP contribution is 2.20. The summed E-state index contributed by atoms with van der Waals surface area (Å²) in [6.45, 7) is 2.96. The van der Waals surface area contributed by atoms with Crippen molar-refractivity contribution in [3.8, 4) is 0 Å². The van der Waals surface area contributed by atoms with Gasteiger partial charge in [-0.05, 0) is 6.42 Å². The third-order valence-corrected chi connectivity index (χ3v) is 2.68. The molecule has 3 nitrogen and oxygen atoms in total. The SMILES string of the molecule is CCCCC(OC)C1CNC(=O)C1. The lowest BCUT2D eigenvalue weighted by molar-refractivity contribution is -0.119. The van der Waals surface area contributed by atoms with Gasteiger partial charge < -0.3 is 10.1 Å². The van der Waals surface area contributed by atoms with Crippen LogP contribution in [0.25, 0.3) is 0 Å². The molecule has 1 rings (SSSR count). The molecule has 0 aliphatic carbocycles. The van der Waals surface area contributed by atoms with E-state index in [1.807, 2.05) is 0 Å². The Balaban J connectivity index is 2.33.